The van der Waals surface area contributed by atoms with Gasteiger partial charge in [0.2, 0.25) is 0 Å². The van der Waals surface area contributed by atoms with Crippen LogP contribution in [0.15, 0.2) is 35.0 Å². The number of pyridine rings is 1. The number of likely N-dealkylation sites (tertiary alicyclic amines) is 1. The van der Waals surface area contributed by atoms with E-state index in [0.29, 0.717) is 6.54 Å². The summed E-state index contributed by atoms with van der Waals surface area (Å²) in [6.07, 6.45) is 1.88. The van der Waals surface area contributed by atoms with Gasteiger partial charge in [-0.3, -0.25) is 4.79 Å². The normalized spacial score (nSPS) is 17.9. The fourth-order valence-corrected chi connectivity index (χ4v) is 3.35. The predicted octanol–water partition coefficient (Wildman–Crippen LogP) is 2.82. The fraction of sp³-hybridized carbons (Fsp3) is 0.267. The minimum absolute atomic E-state index is 0.0686. The van der Waals surface area contributed by atoms with Crippen molar-refractivity contribution < 1.29 is 14.7 Å². The van der Waals surface area contributed by atoms with Crippen molar-refractivity contribution in [1.82, 2.24) is 9.88 Å². The van der Waals surface area contributed by atoms with Crippen LogP contribution in [0.2, 0.25) is 0 Å². The van der Waals surface area contributed by atoms with Gasteiger partial charge < -0.3 is 10.0 Å². The van der Waals surface area contributed by atoms with E-state index < -0.39 is 5.97 Å². The van der Waals surface area contributed by atoms with Gasteiger partial charge in [0.1, 0.15) is 11.4 Å². The first kappa shape index (κ1) is 13.8. The molecule has 1 atom stereocenters. The van der Waals surface area contributed by atoms with E-state index in [2.05, 4.69) is 10.4 Å². The summed E-state index contributed by atoms with van der Waals surface area (Å²) in [7, 11) is 0. The Bertz CT molecular complexity index is 669. The maximum Gasteiger partial charge on any atom is 0.354 e. The summed E-state index contributed by atoms with van der Waals surface area (Å²) in [6, 6.07) is 6.61. The molecule has 3 heterocycles. The first-order valence-electron chi connectivity index (χ1n) is 6.70. The molecule has 0 spiro atoms. The Morgan fingerprint density at radius 2 is 2.10 bits per heavy atom. The standard InChI is InChI=1S/C15H14N2O3S/c18-14(11-3-1-4-12(16-11)15(19)20)17-7-2-5-13(17)10-6-8-21-9-10/h1,3-4,6,8-9,13H,2,5,7H2,(H,19,20). The van der Waals surface area contributed by atoms with Crippen LogP contribution in [-0.2, 0) is 0 Å². The molecule has 0 saturated carbocycles. The number of rotatable bonds is 3. The molecule has 2 aromatic heterocycles. The summed E-state index contributed by atoms with van der Waals surface area (Å²) in [4.78, 5) is 29.3. The number of hydrogen-bond acceptors (Lipinski definition) is 4. The third kappa shape index (κ3) is 2.67. The maximum absolute atomic E-state index is 12.6. The van der Waals surface area contributed by atoms with Gasteiger partial charge in [-0.1, -0.05) is 6.07 Å². The van der Waals surface area contributed by atoms with E-state index in [4.69, 9.17) is 5.11 Å². The van der Waals surface area contributed by atoms with Crippen molar-refractivity contribution in [3.8, 4) is 0 Å². The highest BCUT2D eigenvalue weighted by Gasteiger charge is 2.31. The maximum atomic E-state index is 12.6. The lowest BCUT2D eigenvalue weighted by molar-refractivity contribution is 0.0689. The summed E-state index contributed by atoms with van der Waals surface area (Å²) in [5.74, 6) is -1.33. The molecule has 0 aliphatic carbocycles. The van der Waals surface area contributed by atoms with Gasteiger partial charge in [-0.2, -0.15) is 11.3 Å². The van der Waals surface area contributed by atoms with Crippen LogP contribution >= 0.6 is 11.3 Å². The lowest BCUT2D eigenvalue weighted by atomic mass is 10.1. The molecule has 1 N–H and O–H groups in total. The Balaban J connectivity index is 1.87. The smallest absolute Gasteiger partial charge is 0.354 e. The number of carboxylic acid groups (broad SMARTS) is 1. The van der Waals surface area contributed by atoms with Crippen molar-refractivity contribution in [2.75, 3.05) is 6.54 Å². The van der Waals surface area contributed by atoms with Crippen LogP contribution in [0, 0.1) is 0 Å². The van der Waals surface area contributed by atoms with E-state index in [1.807, 2.05) is 11.4 Å². The van der Waals surface area contributed by atoms with Gasteiger partial charge in [-0.15, -0.1) is 0 Å². The molecule has 21 heavy (non-hydrogen) atoms. The summed E-state index contributed by atoms with van der Waals surface area (Å²) in [5.41, 5.74) is 1.23. The third-order valence-electron chi connectivity index (χ3n) is 3.63. The Morgan fingerprint density at radius 1 is 1.29 bits per heavy atom. The van der Waals surface area contributed by atoms with Crippen LogP contribution in [0.3, 0.4) is 0 Å². The zero-order valence-electron chi connectivity index (χ0n) is 11.2. The van der Waals surface area contributed by atoms with Crippen molar-refractivity contribution in [2.45, 2.75) is 18.9 Å². The molecular weight excluding hydrogens is 288 g/mol. The van der Waals surface area contributed by atoms with Crippen molar-refractivity contribution in [2.24, 2.45) is 0 Å². The molecule has 1 aliphatic rings. The zero-order chi connectivity index (χ0) is 14.8. The highest BCUT2D eigenvalue weighted by Crippen LogP contribution is 2.33. The molecule has 2 aromatic rings. The summed E-state index contributed by atoms with van der Waals surface area (Å²) in [6.45, 7) is 0.679. The number of thiophene rings is 1. The van der Waals surface area contributed by atoms with E-state index in [0.717, 1.165) is 18.4 Å². The van der Waals surface area contributed by atoms with Gasteiger partial charge in [0.15, 0.2) is 0 Å². The second-order valence-corrected chi connectivity index (χ2v) is 5.71. The average molecular weight is 302 g/mol. The van der Waals surface area contributed by atoms with Crippen LogP contribution in [0.5, 0.6) is 0 Å². The molecule has 0 aromatic carbocycles. The van der Waals surface area contributed by atoms with Crippen molar-refractivity contribution in [1.29, 1.82) is 0 Å². The lowest BCUT2D eigenvalue weighted by Gasteiger charge is -2.23. The number of aromatic carboxylic acids is 1. The summed E-state index contributed by atoms with van der Waals surface area (Å²) >= 11 is 1.61. The van der Waals surface area contributed by atoms with Crippen LogP contribution in [0.4, 0.5) is 0 Å². The Kier molecular flexibility index (Phi) is 3.70. The van der Waals surface area contributed by atoms with Crippen LogP contribution < -0.4 is 0 Å². The average Bonchev–Trinajstić information content (AvgIpc) is 3.17. The van der Waals surface area contributed by atoms with Crippen LogP contribution in [0.25, 0.3) is 0 Å². The Hall–Kier alpha value is -2.21. The van der Waals surface area contributed by atoms with Crippen LogP contribution in [0.1, 0.15) is 45.4 Å². The molecule has 5 nitrogen and oxygen atoms in total. The largest absolute Gasteiger partial charge is 0.477 e. The Morgan fingerprint density at radius 3 is 2.81 bits per heavy atom. The third-order valence-corrected chi connectivity index (χ3v) is 4.33. The molecular formula is C15H14N2O3S. The molecule has 3 rings (SSSR count). The number of carbonyl (C=O) groups excluding carboxylic acids is 1. The SMILES string of the molecule is O=C(O)c1cccc(C(=O)N2CCCC2c2ccsc2)n1. The number of amides is 1. The quantitative estimate of drug-likeness (QED) is 0.946. The second-order valence-electron chi connectivity index (χ2n) is 4.93. The number of carboxylic acids is 1. The minimum atomic E-state index is -1.12. The number of carbonyl (C=O) groups is 2. The van der Waals surface area contributed by atoms with Crippen molar-refractivity contribution in [3.63, 3.8) is 0 Å². The monoisotopic (exact) mass is 302 g/mol. The second kappa shape index (κ2) is 5.65. The topological polar surface area (TPSA) is 70.5 Å². The van der Waals surface area contributed by atoms with Crippen LogP contribution in [-0.4, -0.2) is 33.4 Å². The van der Waals surface area contributed by atoms with Gasteiger partial charge in [0, 0.05) is 6.54 Å². The van der Waals surface area contributed by atoms with E-state index in [-0.39, 0.29) is 23.3 Å². The number of nitrogens with zero attached hydrogens (tertiary/aromatic N) is 2. The highest BCUT2D eigenvalue weighted by atomic mass is 32.1. The number of hydrogen-bond donors (Lipinski definition) is 1. The van der Waals surface area contributed by atoms with Gasteiger partial charge in [-0.25, -0.2) is 9.78 Å². The van der Waals surface area contributed by atoms with E-state index in [1.165, 1.54) is 6.07 Å². The minimum Gasteiger partial charge on any atom is -0.477 e. The fourth-order valence-electron chi connectivity index (χ4n) is 2.64. The van der Waals surface area contributed by atoms with Crippen molar-refractivity contribution in [3.05, 3.63) is 52.0 Å². The molecule has 108 valence electrons. The van der Waals surface area contributed by atoms with E-state index in [1.54, 1.807) is 28.4 Å². The molecule has 1 unspecified atom stereocenters. The molecule has 1 aliphatic heterocycles. The molecule has 1 amide bonds. The molecule has 0 bridgehead atoms. The molecule has 6 heteroatoms. The lowest BCUT2D eigenvalue weighted by Crippen LogP contribution is -2.31. The number of aromatic nitrogens is 1. The van der Waals surface area contributed by atoms with E-state index in [9.17, 15) is 9.59 Å². The Labute approximate surface area is 125 Å². The van der Waals surface area contributed by atoms with Gasteiger partial charge in [0.25, 0.3) is 5.91 Å². The predicted molar refractivity (Wildman–Crippen MR) is 78.5 cm³/mol. The molecule has 1 fully saturated rings. The molecule has 0 radical (unpaired) electrons. The van der Waals surface area contributed by atoms with E-state index >= 15 is 0 Å². The van der Waals surface area contributed by atoms with Gasteiger partial charge in [-0.05, 0) is 47.4 Å². The molecule has 1 saturated heterocycles. The first-order chi connectivity index (χ1) is 10.2. The van der Waals surface area contributed by atoms with Gasteiger partial charge >= 0.3 is 5.97 Å². The highest BCUT2D eigenvalue weighted by molar-refractivity contribution is 7.07. The van der Waals surface area contributed by atoms with Gasteiger partial charge in [0.05, 0.1) is 6.04 Å². The first-order valence-corrected chi connectivity index (χ1v) is 7.64. The van der Waals surface area contributed by atoms with Crippen molar-refractivity contribution >= 4 is 23.2 Å². The summed E-state index contributed by atoms with van der Waals surface area (Å²) in [5, 5.41) is 13.0. The summed E-state index contributed by atoms with van der Waals surface area (Å²) < 4.78 is 0. The zero-order valence-corrected chi connectivity index (χ0v) is 12.0.